The first-order valence-electron chi connectivity index (χ1n) is 4.39. The molecule has 1 N–H and O–H groups in total. The first kappa shape index (κ1) is 9.39. The van der Waals surface area contributed by atoms with Crippen LogP contribution in [0, 0.1) is 6.92 Å². The van der Waals surface area contributed by atoms with E-state index in [4.69, 9.17) is 5.11 Å². The molecule has 2 rings (SSSR count). The van der Waals surface area contributed by atoms with Crippen molar-refractivity contribution in [2.24, 2.45) is 0 Å². The lowest BCUT2D eigenvalue weighted by atomic mass is 10.3. The number of aryl methyl sites for hydroxylation is 1. The van der Waals surface area contributed by atoms with Gasteiger partial charge < -0.3 is 5.11 Å². The molecule has 0 saturated heterocycles. The van der Waals surface area contributed by atoms with Crippen molar-refractivity contribution >= 4 is 5.97 Å². The Hall–Kier alpha value is -2.17. The van der Waals surface area contributed by atoms with Crippen LogP contribution >= 0.6 is 0 Å². The first-order chi connectivity index (χ1) is 7.16. The van der Waals surface area contributed by atoms with Crippen molar-refractivity contribution < 1.29 is 9.90 Å². The van der Waals surface area contributed by atoms with Crippen LogP contribution in [-0.2, 0) is 0 Å². The molecule has 0 aliphatic rings. The third-order valence-electron chi connectivity index (χ3n) is 1.94. The number of nitrogens with zero attached hydrogens (tertiary/aromatic N) is 3. The zero-order valence-corrected chi connectivity index (χ0v) is 8.08. The number of carboxylic acid groups (broad SMARTS) is 1. The van der Waals surface area contributed by atoms with Gasteiger partial charge in [0.15, 0.2) is 11.5 Å². The summed E-state index contributed by atoms with van der Waals surface area (Å²) in [5, 5.41) is 12.6. The minimum atomic E-state index is -1.04. The van der Waals surface area contributed by atoms with Crippen molar-refractivity contribution in [3.8, 4) is 5.82 Å². The predicted molar refractivity (Wildman–Crippen MR) is 53.1 cm³/mol. The smallest absolute Gasteiger partial charge is 0.356 e. The monoisotopic (exact) mass is 203 g/mol. The van der Waals surface area contributed by atoms with Crippen LogP contribution in [0.15, 0.2) is 30.6 Å². The van der Waals surface area contributed by atoms with Gasteiger partial charge in [-0.2, -0.15) is 5.10 Å². The molecule has 0 saturated carbocycles. The Balaban J connectivity index is 2.37. The van der Waals surface area contributed by atoms with Gasteiger partial charge in [-0.1, -0.05) is 6.07 Å². The third kappa shape index (κ3) is 1.85. The summed E-state index contributed by atoms with van der Waals surface area (Å²) in [6, 6.07) is 5.11. The number of hydrogen-bond acceptors (Lipinski definition) is 3. The van der Waals surface area contributed by atoms with E-state index in [1.54, 1.807) is 18.5 Å². The number of carboxylic acids is 1. The lowest BCUT2D eigenvalue weighted by Crippen LogP contribution is -2.02. The van der Waals surface area contributed by atoms with Crippen molar-refractivity contribution in [3.05, 3.63) is 41.9 Å². The van der Waals surface area contributed by atoms with Crippen LogP contribution in [0.25, 0.3) is 5.82 Å². The standard InChI is InChI=1S/C10H9N3O2/c1-7-2-3-9(11-6-7)13-5-4-8(12-13)10(14)15/h2-6H,1H3,(H,14,15). The molecule has 0 radical (unpaired) electrons. The fraction of sp³-hybridized carbons (Fsp3) is 0.100. The molecule has 0 unspecified atom stereocenters. The van der Waals surface area contributed by atoms with Crippen molar-refractivity contribution in [2.75, 3.05) is 0 Å². The molecular formula is C10H9N3O2. The minimum Gasteiger partial charge on any atom is -0.476 e. The Labute approximate surface area is 86.0 Å². The quantitative estimate of drug-likeness (QED) is 0.798. The highest BCUT2D eigenvalue weighted by Gasteiger charge is 2.07. The molecular weight excluding hydrogens is 194 g/mol. The SMILES string of the molecule is Cc1ccc(-n2ccc(C(=O)O)n2)nc1. The second-order valence-corrected chi connectivity index (χ2v) is 3.14. The summed E-state index contributed by atoms with van der Waals surface area (Å²) in [5.74, 6) is -0.436. The summed E-state index contributed by atoms with van der Waals surface area (Å²) in [6.45, 7) is 1.93. The number of aromatic nitrogens is 3. The first-order valence-corrected chi connectivity index (χ1v) is 4.39. The molecule has 0 spiro atoms. The zero-order valence-electron chi connectivity index (χ0n) is 8.08. The molecule has 76 valence electrons. The number of pyridine rings is 1. The third-order valence-corrected chi connectivity index (χ3v) is 1.94. The largest absolute Gasteiger partial charge is 0.476 e. The van der Waals surface area contributed by atoms with E-state index in [2.05, 4.69) is 10.1 Å². The summed E-state index contributed by atoms with van der Waals surface area (Å²) in [6.07, 6.45) is 3.28. The van der Waals surface area contributed by atoms with E-state index in [0.29, 0.717) is 5.82 Å². The molecule has 2 aromatic heterocycles. The van der Waals surface area contributed by atoms with E-state index < -0.39 is 5.97 Å². The fourth-order valence-electron chi connectivity index (χ4n) is 1.16. The predicted octanol–water partition coefficient (Wildman–Crippen LogP) is 1.27. The van der Waals surface area contributed by atoms with Crippen LogP contribution in [0.3, 0.4) is 0 Å². The van der Waals surface area contributed by atoms with Crippen LogP contribution in [0.1, 0.15) is 16.1 Å². The van der Waals surface area contributed by atoms with Crippen LogP contribution in [0.4, 0.5) is 0 Å². The molecule has 15 heavy (non-hydrogen) atoms. The van der Waals surface area contributed by atoms with Gasteiger partial charge in [-0.25, -0.2) is 14.5 Å². The highest BCUT2D eigenvalue weighted by molar-refractivity contribution is 5.85. The van der Waals surface area contributed by atoms with E-state index in [0.717, 1.165) is 5.56 Å². The Morgan fingerprint density at radius 1 is 1.40 bits per heavy atom. The second kappa shape index (κ2) is 3.53. The van der Waals surface area contributed by atoms with Gasteiger partial charge in [0.05, 0.1) is 0 Å². The van der Waals surface area contributed by atoms with Gasteiger partial charge >= 0.3 is 5.97 Å². The Morgan fingerprint density at radius 2 is 2.20 bits per heavy atom. The van der Waals surface area contributed by atoms with E-state index in [-0.39, 0.29) is 5.69 Å². The molecule has 0 aliphatic heterocycles. The van der Waals surface area contributed by atoms with Crippen LogP contribution in [0.2, 0.25) is 0 Å². The Morgan fingerprint density at radius 3 is 2.73 bits per heavy atom. The summed E-state index contributed by atoms with van der Waals surface area (Å²) in [4.78, 5) is 14.7. The normalized spacial score (nSPS) is 10.2. The van der Waals surface area contributed by atoms with Crippen LogP contribution < -0.4 is 0 Å². The molecule has 0 atom stereocenters. The van der Waals surface area contributed by atoms with Gasteiger partial charge in [0.25, 0.3) is 0 Å². The molecule has 0 amide bonds. The molecule has 2 aromatic rings. The lowest BCUT2D eigenvalue weighted by Gasteiger charge is -1.99. The number of rotatable bonds is 2. The van der Waals surface area contributed by atoms with Gasteiger partial charge in [-0.3, -0.25) is 0 Å². The maximum absolute atomic E-state index is 10.6. The van der Waals surface area contributed by atoms with Crippen LogP contribution in [0.5, 0.6) is 0 Å². The van der Waals surface area contributed by atoms with E-state index in [1.165, 1.54) is 10.7 Å². The van der Waals surface area contributed by atoms with Crippen molar-refractivity contribution in [2.45, 2.75) is 6.92 Å². The minimum absolute atomic E-state index is 0.0115. The fourth-order valence-corrected chi connectivity index (χ4v) is 1.16. The summed E-state index contributed by atoms with van der Waals surface area (Å²) >= 11 is 0. The van der Waals surface area contributed by atoms with Gasteiger partial charge in [-0.15, -0.1) is 0 Å². The molecule has 0 bridgehead atoms. The van der Waals surface area contributed by atoms with Crippen LogP contribution in [-0.4, -0.2) is 25.8 Å². The highest BCUT2D eigenvalue weighted by Crippen LogP contribution is 2.05. The topological polar surface area (TPSA) is 68.0 Å². The molecule has 5 heteroatoms. The van der Waals surface area contributed by atoms with Gasteiger partial charge in [0.2, 0.25) is 0 Å². The van der Waals surface area contributed by atoms with E-state index in [1.807, 2.05) is 13.0 Å². The van der Waals surface area contributed by atoms with Crippen molar-refractivity contribution in [1.82, 2.24) is 14.8 Å². The number of hydrogen-bond donors (Lipinski definition) is 1. The Bertz CT molecular complexity index is 488. The van der Waals surface area contributed by atoms with Gasteiger partial charge in [-0.05, 0) is 24.6 Å². The zero-order chi connectivity index (χ0) is 10.8. The van der Waals surface area contributed by atoms with E-state index >= 15 is 0 Å². The maximum atomic E-state index is 10.6. The molecule has 0 aliphatic carbocycles. The molecule has 2 heterocycles. The number of carbonyl (C=O) groups is 1. The van der Waals surface area contributed by atoms with Crippen molar-refractivity contribution in [3.63, 3.8) is 0 Å². The van der Waals surface area contributed by atoms with Gasteiger partial charge in [0.1, 0.15) is 0 Å². The number of aromatic carboxylic acids is 1. The lowest BCUT2D eigenvalue weighted by molar-refractivity contribution is 0.0690. The van der Waals surface area contributed by atoms with E-state index in [9.17, 15) is 4.79 Å². The molecule has 0 fully saturated rings. The van der Waals surface area contributed by atoms with Gasteiger partial charge in [0, 0.05) is 12.4 Å². The summed E-state index contributed by atoms with van der Waals surface area (Å²) in [7, 11) is 0. The molecule has 0 aromatic carbocycles. The maximum Gasteiger partial charge on any atom is 0.356 e. The summed E-state index contributed by atoms with van der Waals surface area (Å²) in [5.41, 5.74) is 1.06. The second-order valence-electron chi connectivity index (χ2n) is 3.14. The van der Waals surface area contributed by atoms with Crippen molar-refractivity contribution in [1.29, 1.82) is 0 Å². The highest BCUT2D eigenvalue weighted by atomic mass is 16.4. The average Bonchev–Trinajstić information content (AvgIpc) is 2.68. The summed E-state index contributed by atoms with van der Waals surface area (Å²) < 4.78 is 1.43. The Kier molecular flexibility index (Phi) is 2.21. The average molecular weight is 203 g/mol. The molecule has 5 nitrogen and oxygen atoms in total.